The van der Waals surface area contributed by atoms with Crippen molar-refractivity contribution in [3.8, 4) is 0 Å². The number of anilines is 1. The van der Waals surface area contributed by atoms with E-state index in [2.05, 4.69) is 10.6 Å². The molecule has 26 heavy (non-hydrogen) atoms. The summed E-state index contributed by atoms with van der Waals surface area (Å²) in [7, 11) is 0. The standard InChI is InChI=1S/C21H24N2O3/c1-21(2,26)11-10-14-6-5-8-16(12-14)19(24)23-18-13-15-7-3-4-9-17(15)22-20(18)25/h3-9,12,18,26H,10-11,13H2,1-2H3,(H,22,25)(H,23,24). The van der Waals surface area contributed by atoms with E-state index in [9.17, 15) is 14.7 Å². The highest BCUT2D eigenvalue weighted by Gasteiger charge is 2.27. The zero-order chi connectivity index (χ0) is 18.7. The van der Waals surface area contributed by atoms with Crippen molar-refractivity contribution >= 4 is 17.5 Å². The number of hydrogen-bond acceptors (Lipinski definition) is 3. The lowest BCUT2D eigenvalue weighted by atomic mass is 9.97. The normalized spacial score (nSPS) is 16.6. The Morgan fingerprint density at radius 3 is 2.77 bits per heavy atom. The van der Waals surface area contributed by atoms with E-state index < -0.39 is 11.6 Å². The Kier molecular flexibility index (Phi) is 5.09. The molecule has 0 radical (unpaired) electrons. The van der Waals surface area contributed by atoms with Crippen LogP contribution in [0.3, 0.4) is 0 Å². The molecule has 5 nitrogen and oxygen atoms in total. The first kappa shape index (κ1) is 18.1. The van der Waals surface area contributed by atoms with E-state index in [0.717, 1.165) is 16.8 Å². The molecule has 2 aromatic rings. The Bertz CT molecular complexity index is 824. The summed E-state index contributed by atoms with van der Waals surface area (Å²) in [5, 5.41) is 15.5. The van der Waals surface area contributed by atoms with Gasteiger partial charge < -0.3 is 15.7 Å². The van der Waals surface area contributed by atoms with Gasteiger partial charge in [-0.05, 0) is 56.0 Å². The third-order valence-corrected chi connectivity index (χ3v) is 4.54. The van der Waals surface area contributed by atoms with Gasteiger partial charge in [0, 0.05) is 17.7 Å². The molecule has 5 heteroatoms. The Hall–Kier alpha value is -2.66. The van der Waals surface area contributed by atoms with Crippen LogP contribution < -0.4 is 10.6 Å². The first-order valence-electron chi connectivity index (χ1n) is 8.83. The zero-order valence-electron chi connectivity index (χ0n) is 15.1. The maximum absolute atomic E-state index is 12.6. The van der Waals surface area contributed by atoms with Gasteiger partial charge in [-0.3, -0.25) is 9.59 Å². The summed E-state index contributed by atoms with van der Waals surface area (Å²) in [5.41, 5.74) is 2.57. The molecule has 1 atom stereocenters. The van der Waals surface area contributed by atoms with Crippen molar-refractivity contribution in [2.45, 2.75) is 44.8 Å². The van der Waals surface area contributed by atoms with Gasteiger partial charge in [0.25, 0.3) is 5.91 Å². The molecule has 2 amide bonds. The second-order valence-corrected chi connectivity index (χ2v) is 7.39. The Balaban J connectivity index is 1.68. The van der Waals surface area contributed by atoms with Gasteiger partial charge in [-0.15, -0.1) is 0 Å². The van der Waals surface area contributed by atoms with E-state index in [1.54, 1.807) is 19.9 Å². The van der Waals surface area contributed by atoms with Crippen molar-refractivity contribution in [3.63, 3.8) is 0 Å². The highest BCUT2D eigenvalue weighted by atomic mass is 16.3. The predicted octanol–water partition coefficient (Wildman–Crippen LogP) is 2.68. The van der Waals surface area contributed by atoms with Crippen LogP contribution in [0.1, 0.15) is 41.8 Å². The second kappa shape index (κ2) is 7.30. The van der Waals surface area contributed by atoms with Crippen molar-refractivity contribution in [2.75, 3.05) is 5.32 Å². The SMILES string of the molecule is CC(C)(O)CCc1cccc(C(=O)NC2Cc3ccccc3NC2=O)c1. The number of carbonyl (C=O) groups is 2. The fourth-order valence-electron chi connectivity index (χ4n) is 3.03. The minimum Gasteiger partial charge on any atom is -0.390 e. The van der Waals surface area contributed by atoms with Gasteiger partial charge in [-0.25, -0.2) is 0 Å². The number of fused-ring (bicyclic) bond motifs is 1. The van der Waals surface area contributed by atoms with Crippen molar-refractivity contribution in [3.05, 3.63) is 65.2 Å². The van der Waals surface area contributed by atoms with E-state index in [0.29, 0.717) is 24.8 Å². The van der Waals surface area contributed by atoms with Gasteiger partial charge in [-0.1, -0.05) is 30.3 Å². The van der Waals surface area contributed by atoms with E-state index >= 15 is 0 Å². The third kappa shape index (κ3) is 4.49. The molecule has 0 saturated heterocycles. The van der Waals surface area contributed by atoms with Gasteiger partial charge in [0.1, 0.15) is 6.04 Å². The van der Waals surface area contributed by atoms with Crippen LogP contribution in [0.2, 0.25) is 0 Å². The number of aliphatic hydroxyl groups is 1. The maximum atomic E-state index is 12.6. The molecule has 2 aromatic carbocycles. The molecule has 0 saturated carbocycles. The number of aryl methyl sites for hydroxylation is 1. The number of carbonyl (C=O) groups excluding carboxylic acids is 2. The molecule has 0 aromatic heterocycles. The molecule has 3 rings (SSSR count). The van der Waals surface area contributed by atoms with Gasteiger partial charge in [-0.2, -0.15) is 0 Å². The summed E-state index contributed by atoms with van der Waals surface area (Å²) in [6.07, 6.45) is 1.77. The minimum absolute atomic E-state index is 0.199. The van der Waals surface area contributed by atoms with Crippen LogP contribution in [0.15, 0.2) is 48.5 Å². The quantitative estimate of drug-likeness (QED) is 0.774. The molecule has 0 aliphatic carbocycles. The summed E-state index contributed by atoms with van der Waals surface area (Å²) in [6.45, 7) is 3.53. The number of benzene rings is 2. The molecule has 0 fully saturated rings. The fourth-order valence-corrected chi connectivity index (χ4v) is 3.03. The Morgan fingerprint density at radius 2 is 2.00 bits per heavy atom. The number of amides is 2. The monoisotopic (exact) mass is 352 g/mol. The van der Waals surface area contributed by atoms with Gasteiger partial charge in [0.05, 0.1) is 5.60 Å². The van der Waals surface area contributed by atoms with Crippen molar-refractivity contribution in [1.29, 1.82) is 0 Å². The van der Waals surface area contributed by atoms with Crippen molar-refractivity contribution in [2.24, 2.45) is 0 Å². The summed E-state index contributed by atoms with van der Waals surface area (Å²) in [5.74, 6) is -0.468. The average molecular weight is 352 g/mol. The number of hydrogen-bond donors (Lipinski definition) is 3. The Morgan fingerprint density at radius 1 is 1.23 bits per heavy atom. The topological polar surface area (TPSA) is 78.4 Å². The van der Waals surface area contributed by atoms with Crippen LogP contribution in [0.5, 0.6) is 0 Å². The molecule has 3 N–H and O–H groups in total. The summed E-state index contributed by atoms with van der Waals surface area (Å²) >= 11 is 0. The van der Waals surface area contributed by atoms with Crippen LogP contribution in [-0.2, 0) is 17.6 Å². The van der Waals surface area contributed by atoms with E-state index in [1.165, 1.54) is 0 Å². The van der Waals surface area contributed by atoms with Crippen LogP contribution in [-0.4, -0.2) is 28.6 Å². The lowest BCUT2D eigenvalue weighted by Gasteiger charge is -2.25. The van der Waals surface area contributed by atoms with E-state index in [1.807, 2.05) is 42.5 Å². The highest BCUT2D eigenvalue weighted by molar-refractivity contribution is 6.03. The molecule has 0 spiro atoms. The largest absolute Gasteiger partial charge is 0.390 e. The van der Waals surface area contributed by atoms with Crippen LogP contribution in [0.4, 0.5) is 5.69 Å². The van der Waals surface area contributed by atoms with Gasteiger partial charge in [0.2, 0.25) is 5.91 Å². The Labute approximate surface area is 153 Å². The average Bonchev–Trinajstić information content (AvgIpc) is 2.60. The minimum atomic E-state index is -0.744. The summed E-state index contributed by atoms with van der Waals surface area (Å²) in [6, 6.07) is 14.3. The fraction of sp³-hybridized carbons (Fsp3) is 0.333. The van der Waals surface area contributed by atoms with Crippen molar-refractivity contribution < 1.29 is 14.7 Å². The molecular formula is C21H24N2O3. The number of nitrogens with one attached hydrogen (secondary N) is 2. The maximum Gasteiger partial charge on any atom is 0.251 e. The van der Waals surface area contributed by atoms with Gasteiger partial charge in [0.15, 0.2) is 0 Å². The molecule has 1 aliphatic heterocycles. The van der Waals surface area contributed by atoms with Crippen LogP contribution in [0.25, 0.3) is 0 Å². The highest BCUT2D eigenvalue weighted by Crippen LogP contribution is 2.22. The lowest BCUT2D eigenvalue weighted by Crippen LogP contribution is -2.47. The number of rotatable bonds is 5. The molecular weight excluding hydrogens is 328 g/mol. The summed E-state index contributed by atoms with van der Waals surface area (Å²) < 4.78 is 0. The molecule has 0 bridgehead atoms. The zero-order valence-corrected chi connectivity index (χ0v) is 15.1. The predicted molar refractivity (Wildman–Crippen MR) is 101 cm³/mol. The second-order valence-electron chi connectivity index (χ2n) is 7.39. The van der Waals surface area contributed by atoms with E-state index in [4.69, 9.17) is 0 Å². The van der Waals surface area contributed by atoms with Crippen molar-refractivity contribution in [1.82, 2.24) is 5.32 Å². The lowest BCUT2D eigenvalue weighted by molar-refractivity contribution is -0.118. The van der Waals surface area contributed by atoms with Crippen LogP contribution in [0, 0.1) is 0 Å². The van der Waals surface area contributed by atoms with E-state index in [-0.39, 0.29) is 11.8 Å². The number of para-hydroxylation sites is 1. The smallest absolute Gasteiger partial charge is 0.251 e. The van der Waals surface area contributed by atoms with Gasteiger partial charge >= 0.3 is 0 Å². The molecule has 1 aliphatic rings. The summed E-state index contributed by atoms with van der Waals surface area (Å²) in [4.78, 5) is 24.8. The first-order chi connectivity index (χ1) is 12.3. The first-order valence-corrected chi connectivity index (χ1v) is 8.83. The third-order valence-electron chi connectivity index (χ3n) is 4.54. The van der Waals surface area contributed by atoms with Crippen LogP contribution >= 0.6 is 0 Å². The molecule has 1 heterocycles. The molecule has 1 unspecified atom stereocenters. The molecule has 136 valence electrons.